The second-order valence-electron chi connectivity index (χ2n) is 7.47. The Morgan fingerprint density at radius 3 is 2.74 bits per heavy atom. The van der Waals surface area contributed by atoms with Crippen molar-refractivity contribution in [3.05, 3.63) is 72.4 Å². The zero-order chi connectivity index (χ0) is 21.2. The molecule has 4 heterocycles. The number of rotatable bonds is 4. The molecule has 0 radical (unpaired) electrons. The van der Waals surface area contributed by atoms with Crippen molar-refractivity contribution < 1.29 is 9.13 Å². The van der Waals surface area contributed by atoms with Crippen LogP contribution in [0.3, 0.4) is 0 Å². The highest BCUT2D eigenvalue weighted by Gasteiger charge is 2.18. The van der Waals surface area contributed by atoms with Crippen molar-refractivity contribution in [3.8, 4) is 11.4 Å². The zero-order valence-corrected chi connectivity index (χ0v) is 17.2. The minimum atomic E-state index is -0.319. The second kappa shape index (κ2) is 8.28. The lowest BCUT2D eigenvalue weighted by molar-refractivity contribution is 0.122. The van der Waals surface area contributed by atoms with Crippen molar-refractivity contribution in [2.24, 2.45) is 0 Å². The monoisotopic (exact) mass is 415 g/mol. The summed E-state index contributed by atoms with van der Waals surface area (Å²) in [5, 5.41) is 3.87. The lowest BCUT2D eigenvalue weighted by Crippen LogP contribution is -2.36. The molecule has 0 saturated carbocycles. The van der Waals surface area contributed by atoms with E-state index in [0.717, 1.165) is 41.4 Å². The van der Waals surface area contributed by atoms with Gasteiger partial charge in [0.2, 0.25) is 0 Å². The van der Waals surface area contributed by atoms with E-state index in [0.29, 0.717) is 29.8 Å². The van der Waals surface area contributed by atoms with Crippen LogP contribution in [0, 0.1) is 12.7 Å². The number of hydrogen-bond donors (Lipinski definition) is 1. The summed E-state index contributed by atoms with van der Waals surface area (Å²) in [6, 6.07) is 12.7. The van der Waals surface area contributed by atoms with Crippen LogP contribution in [0.2, 0.25) is 0 Å². The fourth-order valence-electron chi connectivity index (χ4n) is 3.91. The molecule has 7 heteroatoms. The molecular formula is C24H22FN5O. The van der Waals surface area contributed by atoms with Gasteiger partial charge in [-0.2, -0.15) is 0 Å². The Hall–Kier alpha value is -3.58. The molecule has 0 unspecified atom stereocenters. The van der Waals surface area contributed by atoms with Gasteiger partial charge in [-0.05, 0) is 37.3 Å². The number of halogens is 1. The molecule has 0 atom stereocenters. The molecule has 1 N–H and O–H groups in total. The molecule has 6 nitrogen and oxygen atoms in total. The van der Waals surface area contributed by atoms with Crippen LogP contribution in [-0.4, -0.2) is 41.3 Å². The summed E-state index contributed by atoms with van der Waals surface area (Å²) in [4.78, 5) is 15.8. The molecule has 1 fully saturated rings. The highest BCUT2D eigenvalue weighted by Crippen LogP contribution is 2.36. The predicted octanol–water partition coefficient (Wildman–Crippen LogP) is 4.72. The van der Waals surface area contributed by atoms with E-state index in [2.05, 4.69) is 20.2 Å². The molecular weight excluding hydrogens is 393 g/mol. The summed E-state index contributed by atoms with van der Waals surface area (Å²) >= 11 is 0. The fraction of sp³-hybridized carbons (Fsp3) is 0.208. The summed E-state index contributed by atoms with van der Waals surface area (Å²) in [6.07, 6.45) is 5.32. The van der Waals surface area contributed by atoms with Crippen molar-refractivity contribution in [1.29, 1.82) is 0 Å². The SMILES string of the molecule is Cc1c(-c2ccccn2)nc2cccc(F)c2c1Nc1cncc(N2CCOCC2)c1. The van der Waals surface area contributed by atoms with Crippen molar-refractivity contribution in [2.75, 3.05) is 36.5 Å². The van der Waals surface area contributed by atoms with Gasteiger partial charge in [0.1, 0.15) is 5.82 Å². The Morgan fingerprint density at radius 1 is 1.06 bits per heavy atom. The maximum Gasteiger partial charge on any atom is 0.134 e. The number of morpholine rings is 1. The van der Waals surface area contributed by atoms with Gasteiger partial charge < -0.3 is 15.0 Å². The lowest BCUT2D eigenvalue weighted by Gasteiger charge is -2.28. The van der Waals surface area contributed by atoms with Gasteiger partial charge in [-0.3, -0.25) is 9.97 Å². The lowest BCUT2D eigenvalue weighted by atomic mass is 10.0. The van der Waals surface area contributed by atoms with Gasteiger partial charge in [0.05, 0.1) is 65.0 Å². The average molecular weight is 415 g/mol. The first-order valence-corrected chi connectivity index (χ1v) is 10.3. The van der Waals surface area contributed by atoms with E-state index in [9.17, 15) is 4.39 Å². The number of fused-ring (bicyclic) bond motifs is 1. The van der Waals surface area contributed by atoms with E-state index >= 15 is 0 Å². The first-order valence-electron chi connectivity index (χ1n) is 10.3. The number of aromatic nitrogens is 3. The van der Waals surface area contributed by atoms with Crippen LogP contribution in [0.25, 0.3) is 22.3 Å². The maximum absolute atomic E-state index is 14.9. The van der Waals surface area contributed by atoms with Crippen LogP contribution < -0.4 is 10.2 Å². The van der Waals surface area contributed by atoms with Gasteiger partial charge in [0, 0.05) is 24.8 Å². The van der Waals surface area contributed by atoms with E-state index in [1.54, 1.807) is 18.5 Å². The highest BCUT2D eigenvalue weighted by molar-refractivity contribution is 5.98. The number of nitrogens with zero attached hydrogens (tertiary/aromatic N) is 4. The molecule has 156 valence electrons. The third kappa shape index (κ3) is 3.80. The highest BCUT2D eigenvalue weighted by atomic mass is 19.1. The van der Waals surface area contributed by atoms with Crippen LogP contribution in [0.1, 0.15) is 5.56 Å². The average Bonchev–Trinajstić information content (AvgIpc) is 2.82. The molecule has 0 bridgehead atoms. The Balaban J connectivity index is 1.62. The minimum Gasteiger partial charge on any atom is -0.378 e. The first-order chi connectivity index (χ1) is 15.2. The van der Waals surface area contributed by atoms with Crippen LogP contribution >= 0.6 is 0 Å². The fourth-order valence-corrected chi connectivity index (χ4v) is 3.91. The predicted molar refractivity (Wildman–Crippen MR) is 120 cm³/mol. The largest absolute Gasteiger partial charge is 0.378 e. The minimum absolute atomic E-state index is 0.319. The Labute approximate surface area is 179 Å². The molecule has 5 rings (SSSR count). The van der Waals surface area contributed by atoms with Gasteiger partial charge in [-0.1, -0.05) is 12.1 Å². The first kappa shape index (κ1) is 19.4. The van der Waals surface area contributed by atoms with Crippen molar-refractivity contribution in [3.63, 3.8) is 0 Å². The van der Waals surface area contributed by atoms with E-state index in [1.165, 1.54) is 6.07 Å². The summed E-state index contributed by atoms with van der Waals surface area (Å²) in [5.74, 6) is -0.319. The summed E-state index contributed by atoms with van der Waals surface area (Å²) < 4.78 is 20.3. The molecule has 1 aliphatic heterocycles. The maximum atomic E-state index is 14.9. The number of ether oxygens (including phenoxy) is 1. The molecule has 1 saturated heterocycles. The standard InChI is InChI=1S/C24H22FN5O/c1-16-23(21-6-2-3-8-27-21)29-20-7-4-5-19(25)22(20)24(16)28-17-13-18(15-26-14-17)30-9-11-31-12-10-30/h2-8,13-15H,9-12H2,1H3,(H,28,29). The van der Waals surface area contributed by atoms with Gasteiger partial charge >= 0.3 is 0 Å². The molecule has 1 aliphatic rings. The summed E-state index contributed by atoms with van der Waals surface area (Å²) in [6.45, 7) is 4.97. The molecule has 0 aliphatic carbocycles. The molecule has 31 heavy (non-hydrogen) atoms. The number of benzene rings is 1. The third-order valence-electron chi connectivity index (χ3n) is 5.48. The van der Waals surface area contributed by atoms with Crippen LogP contribution in [0.5, 0.6) is 0 Å². The van der Waals surface area contributed by atoms with Gasteiger partial charge in [-0.25, -0.2) is 9.37 Å². The van der Waals surface area contributed by atoms with E-state index < -0.39 is 0 Å². The van der Waals surface area contributed by atoms with E-state index in [1.807, 2.05) is 43.5 Å². The molecule has 0 spiro atoms. The topological polar surface area (TPSA) is 63.2 Å². The van der Waals surface area contributed by atoms with Crippen LogP contribution in [0.15, 0.2) is 61.1 Å². The van der Waals surface area contributed by atoms with Crippen LogP contribution in [-0.2, 0) is 4.74 Å². The Morgan fingerprint density at radius 2 is 1.94 bits per heavy atom. The number of anilines is 3. The summed E-state index contributed by atoms with van der Waals surface area (Å²) in [5.41, 5.74) is 5.33. The Kier molecular flexibility index (Phi) is 5.18. The summed E-state index contributed by atoms with van der Waals surface area (Å²) in [7, 11) is 0. The quantitative estimate of drug-likeness (QED) is 0.520. The second-order valence-corrected chi connectivity index (χ2v) is 7.47. The normalized spacial score (nSPS) is 14.1. The smallest absolute Gasteiger partial charge is 0.134 e. The van der Waals surface area contributed by atoms with Gasteiger partial charge in [0.25, 0.3) is 0 Å². The number of hydrogen-bond acceptors (Lipinski definition) is 6. The van der Waals surface area contributed by atoms with Crippen molar-refractivity contribution in [2.45, 2.75) is 6.92 Å². The molecule has 3 aromatic heterocycles. The van der Waals surface area contributed by atoms with Gasteiger partial charge in [-0.15, -0.1) is 0 Å². The Bertz CT molecular complexity index is 1230. The number of nitrogens with one attached hydrogen (secondary N) is 1. The van der Waals surface area contributed by atoms with Crippen molar-refractivity contribution >= 4 is 28.0 Å². The zero-order valence-electron chi connectivity index (χ0n) is 17.2. The van der Waals surface area contributed by atoms with E-state index in [4.69, 9.17) is 9.72 Å². The van der Waals surface area contributed by atoms with Crippen molar-refractivity contribution in [1.82, 2.24) is 15.0 Å². The third-order valence-corrected chi connectivity index (χ3v) is 5.48. The van der Waals surface area contributed by atoms with Crippen LogP contribution in [0.4, 0.5) is 21.5 Å². The molecule has 0 amide bonds. The molecule has 1 aromatic carbocycles. The number of pyridine rings is 3. The molecule has 4 aromatic rings. The van der Waals surface area contributed by atoms with E-state index in [-0.39, 0.29) is 5.82 Å². The van der Waals surface area contributed by atoms with Gasteiger partial charge in [0.15, 0.2) is 0 Å².